The number of allylic oxidation sites excluding steroid dienone is 20. The van der Waals surface area contributed by atoms with Gasteiger partial charge in [-0.1, -0.05) is 206 Å². The molecule has 0 bridgehead atoms. The van der Waals surface area contributed by atoms with E-state index in [1.807, 2.05) is 12.2 Å². The highest BCUT2D eigenvalue weighted by molar-refractivity contribution is 5.71. The Morgan fingerprint density at radius 3 is 1.06 bits per heavy atom. The van der Waals surface area contributed by atoms with Crippen LogP contribution < -0.4 is 0 Å². The first kappa shape index (κ1) is 58.8. The van der Waals surface area contributed by atoms with E-state index in [0.717, 1.165) is 96.3 Å². The average molecular weight is 871 g/mol. The van der Waals surface area contributed by atoms with Gasteiger partial charge in [-0.3, -0.25) is 14.4 Å². The minimum atomic E-state index is -0.831. The molecule has 0 N–H and O–H groups in total. The predicted molar refractivity (Wildman–Crippen MR) is 269 cm³/mol. The summed E-state index contributed by atoms with van der Waals surface area (Å²) in [5.74, 6) is -1.06. The second-order valence-corrected chi connectivity index (χ2v) is 16.0. The fourth-order valence-corrected chi connectivity index (χ4v) is 6.28. The summed E-state index contributed by atoms with van der Waals surface area (Å²) in [5, 5.41) is 0. The Labute approximate surface area is 386 Å². The summed E-state index contributed by atoms with van der Waals surface area (Å²) in [6, 6.07) is 0. The number of carbonyl (C=O) groups excluding carboxylic acids is 3. The van der Waals surface area contributed by atoms with Crippen molar-refractivity contribution in [3.05, 3.63) is 122 Å². The molecule has 0 aliphatic heterocycles. The van der Waals surface area contributed by atoms with Gasteiger partial charge in [0.25, 0.3) is 0 Å². The summed E-state index contributed by atoms with van der Waals surface area (Å²) in [4.78, 5) is 37.9. The van der Waals surface area contributed by atoms with Gasteiger partial charge in [0.15, 0.2) is 6.10 Å². The summed E-state index contributed by atoms with van der Waals surface area (Å²) in [7, 11) is 0. The molecule has 0 aromatic carbocycles. The van der Waals surface area contributed by atoms with Crippen molar-refractivity contribution < 1.29 is 28.6 Å². The van der Waals surface area contributed by atoms with Crippen LogP contribution in [-0.2, 0) is 28.6 Å². The summed E-state index contributed by atoms with van der Waals surface area (Å²) in [6.07, 6.45) is 69.1. The van der Waals surface area contributed by atoms with Gasteiger partial charge in [0, 0.05) is 19.3 Å². The van der Waals surface area contributed by atoms with Gasteiger partial charge in [0.05, 0.1) is 0 Å². The van der Waals surface area contributed by atoms with Gasteiger partial charge in [0.1, 0.15) is 13.2 Å². The lowest BCUT2D eigenvalue weighted by molar-refractivity contribution is -0.166. The number of carbonyl (C=O) groups is 3. The van der Waals surface area contributed by atoms with Crippen LogP contribution in [0.3, 0.4) is 0 Å². The van der Waals surface area contributed by atoms with E-state index in [1.165, 1.54) is 51.4 Å². The van der Waals surface area contributed by atoms with E-state index in [-0.39, 0.29) is 44.0 Å². The molecule has 0 amide bonds. The van der Waals surface area contributed by atoms with Crippen LogP contribution in [0.15, 0.2) is 122 Å². The Bertz CT molecular complexity index is 1370. The van der Waals surface area contributed by atoms with Crippen LogP contribution in [0.2, 0.25) is 0 Å². The number of hydrogen-bond donors (Lipinski definition) is 0. The quantitative estimate of drug-likeness (QED) is 0.0263. The van der Waals surface area contributed by atoms with Crippen molar-refractivity contribution in [2.24, 2.45) is 0 Å². The fraction of sp³-hybridized carbons (Fsp3) is 0.596. The first-order valence-electron chi connectivity index (χ1n) is 25.0. The lowest BCUT2D eigenvalue weighted by Crippen LogP contribution is -2.30. The van der Waals surface area contributed by atoms with E-state index >= 15 is 0 Å². The Kier molecular flexibility index (Phi) is 47.1. The Balaban J connectivity index is 4.57. The van der Waals surface area contributed by atoms with Crippen LogP contribution in [-0.4, -0.2) is 37.2 Å². The van der Waals surface area contributed by atoms with E-state index in [1.54, 1.807) is 0 Å². The fourth-order valence-electron chi connectivity index (χ4n) is 6.28. The average Bonchev–Trinajstić information content (AvgIpc) is 3.28. The molecular formula is C57H90O6. The van der Waals surface area contributed by atoms with E-state index in [9.17, 15) is 14.4 Å². The molecule has 0 rings (SSSR count). The van der Waals surface area contributed by atoms with Crippen molar-refractivity contribution in [3.8, 4) is 0 Å². The van der Waals surface area contributed by atoms with Crippen LogP contribution in [0.25, 0.3) is 0 Å². The predicted octanol–water partition coefficient (Wildman–Crippen LogP) is 16.5. The SMILES string of the molecule is CC/C=C\C/C=C\C/C=C\C/C=C\C/C=C\C/C=C\CCC(=O)OCC(COC(=O)CCCCCCCCCCCCC)OC(=O)CCCC/C=C\C/C=C\C/C=C\C/C=C\CC. The maximum absolute atomic E-state index is 12.8. The Morgan fingerprint density at radius 1 is 0.333 bits per heavy atom. The molecule has 0 spiro atoms. The molecule has 354 valence electrons. The highest BCUT2D eigenvalue weighted by Crippen LogP contribution is 2.13. The van der Waals surface area contributed by atoms with Gasteiger partial charge >= 0.3 is 17.9 Å². The molecule has 0 aliphatic rings. The van der Waals surface area contributed by atoms with Gasteiger partial charge in [-0.05, 0) is 96.3 Å². The molecular weight excluding hydrogens is 781 g/mol. The molecule has 0 aromatic heterocycles. The smallest absolute Gasteiger partial charge is 0.306 e. The van der Waals surface area contributed by atoms with Crippen LogP contribution in [0, 0.1) is 0 Å². The van der Waals surface area contributed by atoms with Crippen molar-refractivity contribution in [2.75, 3.05) is 13.2 Å². The highest BCUT2D eigenvalue weighted by atomic mass is 16.6. The standard InChI is InChI=1S/C57H90O6/c1-4-7-10-13-16-19-22-24-26-27-28-29-31-32-35-38-41-44-47-50-56(59)62-53-54(52-61-55(58)49-46-43-40-37-34-21-18-15-12-9-6-3)63-57(60)51-48-45-42-39-36-33-30-25-23-20-17-14-11-8-5-2/h7-8,10-11,16-17,19-20,24-26,28-30,32,35-36,39,41,44,54H,4-6,9,12-15,18,21-23,27,31,33-34,37-38,40,42-43,45-53H2,1-3H3/b10-7-,11-8-,19-16-,20-17-,26-24-,29-28-,30-25-,35-32-,39-36-,44-41-. The molecule has 0 saturated heterocycles. The number of unbranched alkanes of at least 4 members (excludes halogenated alkanes) is 12. The molecule has 63 heavy (non-hydrogen) atoms. The van der Waals surface area contributed by atoms with Gasteiger partial charge in [-0.25, -0.2) is 0 Å². The molecule has 0 aliphatic carbocycles. The van der Waals surface area contributed by atoms with Gasteiger partial charge < -0.3 is 14.2 Å². The van der Waals surface area contributed by atoms with E-state index < -0.39 is 6.10 Å². The third-order valence-corrected chi connectivity index (χ3v) is 9.98. The zero-order valence-corrected chi connectivity index (χ0v) is 40.3. The van der Waals surface area contributed by atoms with Crippen LogP contribution in [0.5, 0.6) is 0 Å². The van der Waals surface area contributed by atoms with Crippen molar-refractivity contribution in [2.45, 2.75) is 207 Å². The first-order chi connectivity index (χ1) is 31.0. The van der Waals surface area contributed by atoms with E-state index in [0.29, 0.717) is 19.3 Å². The Hall–Kier alpha value is -4.19. The zero-order valence-electron chi connectivity index (χ0n) is 40.3. The lowest BCUT2D eigenvalue weighted by Gasteiger charge is -2.18. The number of esters is 3. The molecule has 1 atom stereocenters. The molecule has 0 radical (unpaired) electrons. The number of rotatable bonds is 43. The van der Waals surface area contributed by atoms with Crippen molar-refractivity contribution in [3.63, 3.8) is 0 Å². The summed E-state index contributed by atoms with van der Waals surface area (Å²) >= 11 is 0. The monoisotopic (exact) mass is 871 g/mol. The van der Waals surface area contributed by atoms with E-state index in [4.69, 9.17) is 14.2 Å². The minimum Gasteiger partial charge on any atom is -0.462 e. The highest BCUT2D eigenvalue weighted by Gasteiger charge is 2.19. The van der Waals surface area contributed by atoms with Crippen molar-refractivity contribution in [1.29, 1.82) is 0 Å². The van der Waals surface area contributed by atoms with Gasteiger partial charge in [-0.2, -0.15) is 0 Å². The van der Waals surface area contributed by atoms with Crippen LogP contribution >= 0.6 is 0 Å². The summed E-state index contributed by atoms with van der Waals surface area (Å²) in [5.41, 5.74) is 0. The molecule has 0 aromatic rings. The molecule has 0 saturated carbocycles. The largest absolute Gasteiger partial charge is 0.462 e. The third-order valence-electron chi connectivity index (χ3n) is 9.98. The molecule has 1 unspecified atom stereocenters. The summed E-state index contributed by atoms with van der Waals surface area (Å²) < 4.78 is 16.7. The molecule has 6 heteroatoms. The zero-order chi connectivity index (χ0) is 45.8. The number of hydrogen-bond acceptors (Lipinski definition) is 6. The van der Waals surface area contributed by atoms with E-state index in [2.05, 4.69) is 130 Å². The minimum absolute atomic E-state index is 0.120. The van der Waals surface area contributed by atoms with Crippen molar-refractivity contribution in [1.82, 2.24) is 0 Å². The second-order valence-electron chi connectivity index (χ2n) is 16.0. The van der Waals surface area contributed by atoms with Crippen LogP contribution in [0.4, 0.5) is 0 Å². The molecule has 0 heterocycles. The molecule has 0 fully saturated rings. The Morgan fingerprint density at radius 2 is 0.651 bits per heavy atom. The number of ether oxygens (including phenoxy) is 3. The van der Waals surface area contributed by atoms with Crippen molar-refractivity contribution >= 4 is 17.9 Å². The molecule has 6 nitrogen and oxygen atoms in total. The van der Waals surface area contributed by atoms with Gasteiger partial charge in [0.2, 0.25) is 0 Å². The first-order valence-corrected chi connectivity index (χ1v) is 25.0. The second kappa shape index (κ2) is 50.5. The normalized spacial score (nSPS) is 13.1. The lowest BCUT2D eigenvalue weighted by atomic mass is 10.1. The third kappa shape index (κ3) is 48.7. The maximum Gasteiger partial charge on any atom is 0.306 e. The van der Waals surface area contributed by atoms with Gasteiger partial charge in [-0.15, -0.1) is 0 Å². The summed E-state index contributed by atoms with van der Waals surface area (Å²) in [6.45, 7) is 6.28. The van der Waals surface area contributed by atoms with Crippen LogP contribution in [0.1, 0.15) is 201 Å². The maximum atomic E-state index is 12.8. The topological polar surface area (TPSA) is 78.9 Å².